The zero-order chi connectivity index (χ0) is 9.84. The number of hydrogen-bond acceptors (Lipinski definition) is 3. The van der Waals surface area contributed by atoms with Gasteiger partial charge in [0.25, 0.3) is 0 Å². The molecule has 2 unspecified atom stereocenters. The van der Waals surface area contributed by atoms with Gasteiger partial charge in [-0.25, -0.2) is 0 Å². The first-order valence-electron chi connectivity index (χ1n) is 5.16. The summed E-state index contributed by atoms with van der Waals surface area (Å²) in [5.74, 6) is 0. The van der Waals surface area contributed by atoms with Crippen molar-refractivity contribution >= 4 is 0 Å². The van der Waals surface area contributed by atoms with Crippen LogP contribution in [0.15, 0.2) is 0 Å². The van der Waals surface area contributed by atoms with Gasteiger partial charge in [-0.3, -0.25) is 0 Å². The standard InChI is InChI=1S/C10H22N2O/c1-9(13)7-11(2)8-10-5-4-6-12(10)3/h9-10,13H,4-8H2,1-3H3. The molecular weight excluding hydrogens is 164 g/mol. The molecule has 0 saturated carbocycles. The van der Waals surface area contributed by atoms with Gasteiger partial charge in [-0.05, 0) is 40.4 Å². The lowest BCUT2D eigenvalue weighted by Crippen LogP contribution is -2.39. The maximum absolute atomic E-state index is 9.21. The molecule has 78 valence electrons. The summed E-state index contributed by atoms with van der Waals surface area (Å²) in [4.78, 5) is 4.63. The summed E-state index contributed by atoms with van der Waals surface area (Å²) < 4.78 is 0. The summed E-state index contributed by atoms with van der Waals surface area (Å²) in [5, 5.41) is 9.21. The zero-order valence-corrected chi connectivity index (χ0v) is 9.03. The van der Waals surface area contributed by atoms with E-state index in [1.54, 1.807) is 0 Å². The van der Waals surface area contributed by atoms with Crippen molar-refractivity contribution in [3.63, 3.8) is 0 Å². The van der Waals surface area contributed by atoms with E-state index >= 15 is 0 Å². The van der Waals surface area contributed by atoms with Crippen molar-refractivity contribution in [2.75, 3.05) is 33.7 Å². The van der Waals surface area contributed by atoms with Crippen molar-refractivity contribution in [1.29, 1.82) is 0 Å². The van der Waals surface area contributed by atoms with Crippen molar-refractivity contribution in [2.24, 2.45) is 0 Å². The van der Waals surface area contributed by atoms with Crippen LogP contribution in [0.2, 0.25) is 0 Å². The number of hydrogen-bond donors (Lipinski definition) is 1. The lowest BCUT2D eigenvalue weighted by atomic mass is 10.2. The molecular formula is C10H22N2O. The predicted octanol–water partition coefficient (Wildman–Crippen LogP) is 0.393. The molecule has 1 aliphatic heterocycles. The third kappa shape index (κ3) is 3.63. The SMILES string of the molecule is CC(O)CN(C)CC1CCCN1C. The Kier molecular flexibility index (Phi) is 4.16. The van der Waals surface area contributed by atoms with E-state index in [1.807, 2.05) is 6.92 Å². The summed E-state index contributed by atoms with van der Waals surface area (Å²) in [6.07, 6.45) is 2.42. The predicted molar refractivity (Wildman–Crippen MR) is 54.8 cm³/mol. The molecule has 0 spiro atoms. The highest BCUT2D eigenvalue weighted by Crippen LogP contribution is 2.15. The molecule has 1 fully saturated rings. The highest BCUT2D eigenvalue weighted by Gasteiger charge is 2.22. The van der Waals surface area contributed by atoms with E-state index in [2.05, 4.69) is 23.9 Å². The van der Waals surface area contributed by atoms with Gasteiger partial charge in [-0.15, -0.1) is 0 Å². The fourth-order valence-corrected chi connectivity index (χ4v) is 2.10. The average molecular weight is 186 g/mol. The van der Waals surface area contributed by atoms with E-state index in [-0.39, 0.29) is 6.10 Å². The number of likely N-dealkylation sites (N-methyl/N-ethyl adjacent to an activating group) is 2. The number of rotatable bonds is 4. The molecule has 1 rings (SSSR count). The zero-order valence-electron chi connectivity index (χ0n) is 9.03. The molecule has 1 saturated heterocycles. The van der Waals surface area contributed by atoms with Gasteiger partial charge < -0.3 is 14.9 Å². The molecule has 0 aromatic rings. The second kappa shape index (κ2) is 4.94. The first kappa shape index (κ1) is 11.0. The molecule has 3 nitrogen and oxygen atoms in total. The van der Waals surface area contributed by atoms with E-state index in [1.165, 1.54) is 19.4 Å². The minimum atomic E-state index is -0.211. The number of nitrogens with zero attached hydrogens (tertiary/aromatic N) is 2. The molecule has 0 aliphatic carbocycles. The van der Waals surface area contributed by atoms with Gasteiger partial charge in [-0.2, -0.15) is 0 Å². The Morgan fingerprint density at radius 2 is 2.31 bits per heavy atom. The van der Waals surface area contributed by atoms with E-state index < -0.39 is 0 Å². The largest absolute Gasteiger partial charge is 0.392 e. The summed E-state index contributed by atoms with van der Waals surface area (Å²) in [6, 6.07) is 0.698. The fraction of sp³-hybridized carbons (Fsp3) is 1.00. The molecule has 0 radical (unpaired) electrons. The summed E-state index contributed by atoms with van der Waals surface area (Å²) in [5.41, 5.74) is 0. The van der Waals surface area contributed by atoms with Crippen LogP contribution in [0.25, 0.3) is 0 Å². The van der Waals surface area contributed by atoms with Gasteiger partial charge in [-0.1, -0.05) is 0 Å². The summed E-state index contributed by atoms with van der Waals surface area (Å²) in [7, 11) is 4.27. The second-order valence-electron chi connectivity index (χ2n) is 4.35. The van der Waals surface area contributed by atoms with Crippen molar-refractivity contribution in [1.82, 2.24) is 9.80 Å². The number of aliphatic hydroxyl groups excluding tert-OH is 1. The van der Waals surface area contributed by atoms with E-state index in [4.69, 9.17) is 0 Å². The van der Waals surface area contributed by atoms with Crippen LogP contribution in [0.1, 0.15) is 19.8 Å². The molecule has 1 aliphatic rings. The Hall–Kier alpha value is -0.120. The third-order valence-corrected chi connectivity index (χ3v) is 2.77. The van der Waals surface area contributed by atoms with Crippen LogP contribution in [0, 0.1) is 0 Å². The Bertz CT molecular complexity index is 150. The van der Waals surface area contributed by atoms with Crippen molar-refractivity contribution < 1.29 is 5.11 Å². The monoisotopic (exact) mass is 186 g/mol. The van der Waals surface area contributed by atoms with E-state index in [0.717, 1.165) is 13.1 Å². The minimum absolute atomic E-state index is 0.211. The normalized spacial score (nSPS) is 27.0. The van der Waals surface area contributed by atoms with E-state index in [9.17, 15) is 5.11 Å². The molecule has 3 heteroatoms. The van der Waals surface area contributed by atoms with Gasteiger partial charge in [0.1, 0.15) is 0 Å². The van der Waals surface area contributed by atoms with Crippen LogP contribution >= 0.6 is 0 Å². The molecule has 1 heterocycles. The van der Waals surface area contributed by atoms with Gasteiger partial charge in [0.15, 0.2) is 0 Å². The second-order valence-corrected chi connectivity index (χ2v) is 4.35. The molecule has 0 bridgehead atoms. The lowest BCUT2D eigenvalue weighted by molar-refractivity contribution is 0.125. The molecule has 0 aromatic heterocycles. The molecule has 2 atom stereocenters. The third-order valence-electron chi connectivity index (χ3n) is 2.77. The lowest BCUT2D eigenvalue weighted by Gasteiger charge is -2.26. The average Bonchev–Trinajstić information content (AvgIpc) is 2.34. The smallest absolute Gasteiger partial charge is 0.0638 e. The van der Waals surface area contributed by atoms with E-state index in [0.29, 0.717) is 6.04 Å². The summed E-state index contributed by atoms with van der Waals surface area (Å²) >= 11 is 0. The van der Waals surface area contributed by atoms with Crippen LogP contribution in [-0.2, 0) is 0 Å². The molecule has 0 amide bonds. The minimum Gasteiger partial charge on any atom is -0.392 e. The van der Waals surface area contributed by atoms with Gasteiger partial charge in [0.2, 0.25) is 0 Å². The van der Waals surface area contributed by atoms with Crippen molar-refractivity contribution in [2.45, 2.75) is 31.9 Å². The Balaban J connectivity index is 2.22. The Labute approximate surface area is 81.3 Å². The highest BCUT2D eigenvalue weighted by atomic mass is 16.3. The van der Waals surface area contributed by atoms with Crippen LogP contribution in [-0.4, -0.2) is 60.8 Å². The molecule has 13 heavy (non-hydrogen) atoms. The van der Waals surface area contributed by atoms with Crippen LogP contribution < -0.4 is 0 Å². The summed E-state index contributed by atoms with van der Waals surface area (Å²) in [6.45, 7) is 4.94. The van der Waals surface area contributed by atoms with Crippen LogP contribution in [0.4, 0.5) is 0 Å². The van der Waals surface area contributed by atoms with Gasteiger partial charge >= 0.3 is 0 Å². The fourth-order valence-electron chi connectivity index (χ4n) is 2.10. The maximum Gasteiger partial charge on any atom is 0.0638 e. The van der Waals surface area contributed by atoms with Crippen molar-refractivity contribution in [3.05, 3.63) is 0 Å². The quantitative estimate of drug-likeness (QED) is 0.688. The van der Waals surface area contributed by atoms with Gasteiger partial charge in [0, 0.05) is 19.1 Å². The van der Waals surface area contributed by atoms with Crippen LogP contribution in [0.3, 0.4) is 0 Å². The first-order valence-corrected chi connectivity index (χ1v) is 5.16. The molecule has 0 aromatic carbocycles. The highest BCUT2D eigenvalue weighted by molar-refractivity contribution is 4.78. The Morgan fingerprint density at radius 1 is 1.62 bits per heavy atom. The number of likely N-dealkylation sites (tertiary alicyclic amines) is 1. The van der Waals surface area contributed by atoms with Crippen molar-refractivity contribution in [3.8, 4) is 0 Å². The first-order chi connectivity index (χ1) is 6.09. The van der Waals surface area contributed by atoms with Gasteiger partial charge in [0.05, 0.1) is 6.10 Å². The topological polar surface area (TPSA) is 26.7 Å². The van der Waals surface area contributed by atoms with Crippen LogP contribution in [0.5, 0.6) is 0 Å². The molecule has 1 N–H and O–H groups in total. The maximum atomic E-state index is 9.21. The number of aliphatic hydroxyl groups is 1. The Morgan fingerprint density at radius 3 is 2.77 bits per heavy atom.